The zero-order valence-corrected chi connectivity index (χ0v) is 14.7. The second kappa shape index (κ2) is 8.87. The molecule has 0 atom stereocenters. The molecular weight excluding hydrogens is 316 g/mol. The van der Waals surface area contributed by atoms with Crippen LogP contribution in [-0.2, 0) is 11.2 Å². The first-order chi connectivity index (χ1) is 12.0. The van der Waals surface area contributed by atoms with Gasteiger partial charge in [0, 0.05) is 17.7 Å². The Labute approximate surface area is 148 Å². The number of nitrogens with one attached hydrogen (secondary N) is 1. The first-order valence-corrected chi connectivity index (χ1v) is 8.47. The molecule has 5 heteroatoms. The minimum atomic E-state index is -0.269. The molecule has 0 aliphatic carbocycles. The third kappa shape index (κ3) is 5.35. The number of ether oxygens (including phenoxy) is 1. The highest BCUT2D eigenvalue weighted by molar-refractivity contribution is 5.97. The maximum absolute atomic E-state index is 12.0. The maximum atomic E-state index is 12.0. The van der Waals surface area contributed by atoms with E-state index in [4.69, 9.17) is 10.5 Å². The highest BCUT2D eigenvalue weighted by Gasteiger charge is 2.10. The van der Waals surface area contributed by atoms with E-state index in [-0.39, 0.29) is 18.3 Å². The summed E-state index contributed by atoms with van der Waals surface area (Å²) < 4.78 is 5.46. The van der Waals surface area contributed by atoms with Gasteiger partial charge in [0.2, 0.25) is 0 Å². The highest BCUT2D eigenvalue weighted by atomic mass is 16.5. The standard InChI is InChI=1S/C20H24N2O3/c1-3-5-18(23)15-8-11-19(17(21)12-15)25-13-20(24)22-16-9-6-14(4-2)7-10-16/h6-12H,3-5,13,21H2,1-2H3,(H,22,24). The quantitative estimate of drug-likeness (QED) is 0.565. The van der Waals surface area contributed by atoms with E-state index in [0.29, 0.717) is 23.4 Å². The van der Waals surface area contributed by atoms with Crippen molar-refractivity contribution in [2.24, 2.45) is 0 Å². The molecule has 0 aromatic heterocycles. The van der Waals surface area contributed by atoms with Gasteiger partial charge in [0.1, 0.15) is 5.75 Å². The molecule has 2 aromatic rings. The van der Waals surface area contributed by atoms with Gasteiger partial charge in [-0.1, -0.05) is 26.0 Å². The number of hydrogen-bond donors (Lipinski definition) is 2. The minimum Gasteiger partial charge on any atom is -0.482 e. The summed E-state index contributed by atoms with van der Waals surface area (Å²) >= 11 is 0. The summed E-state index contributed by atoms with van der Waals surface area (Å²) in [6, 6.07) is 12.6. The van der Waals surface area contributed by atoms with E-state index in [9.17, 15) is 9.59 Å². The Bertz CT molecular complexity index is 739. The summed E-state index contributed by atoms with van der Waals surface area (Å²) in [4.78, 5) is 23.8. The molecule has 0 unspecified atom stereocenters. The molecule has 3 N–H and O–H groups in total. The van der Waals surface area contributed by atoms with Crippen LogP contribution in [0.3, 0.4) is 0 Å². The monoisotopic (exact) mass is 340 g/mol. The Morgan fingerprint density at radius 3 is 2.40 bits per heavy atom. The molecule has 0 fully saturated rings. The van der Waals surface area contributed by atoms with Crippen LogP contribution in [0.15, 0.2) is 42.5 Å². The molecule has 5 nitrogen and oxygen atoms in total. The van der Waals surface area contributed by atoms with Gasteiger partial charge in [-0.05, 0) is 48.7 Å². The fourth-order valence-electron chi connectivity index (χ4n) is 2.39. The summed E-state index contributed by atoms with van der Waals surface area (Å²) in [6.45, 7) is 3.88. The highest BCUT2D eigenvalue weighted by Crippen LogP contribution is 2.23. The van der Waals surface area contributed by atoms with Crippen molar-refractivity contribution < 1.29 is 14.3 Å². The summed E-state index contributed by atoms with van der Waals surface area (Å²) in [5.74, 6) is 0.174. The number of nitrogen functional groups attached to an aromatic ring is 1. The van der Waals surface area contributed by atoms with Crippen molar-refractivity contribution in [3.05, 3.63) is 53.6 Å². The van der Waals surface area contributed by atoms with Gasteiger partial charge in [-0.3, -0.25) is 9.59 Å². The van der Waals surface area contributed by atoms with Crippen LogP contribution < -0.4 is 15.8 Å². The second-order valence-electron chi connectivity index (χ2n) is 5.81. The van der Waals surface area contributed by atoms with Gasteiger partial charge in [0.05, 0.1) is 5.69 Å². The van der Waals surface area contributed by atoms with Crippen molar-refractivity contribution in [1.29, 1.82) is 0 Å². The third-order valence-electron chi connectivity index (χ3n) is 3.81. The van der Waals surface area contributed by atoms with E-state index in [1.807, 2.05) is 31.2 Å². The van der Waals surface area contributed by atoms with E-state index < -0.39 is 0 Å². The van der Waals surface area contributed by atoms with Crippen molar-refractivity contribution in [3.8, 4) is 5.75 Å². The van der Waals surface area contributed by atoms with Gasteiger partial charge in [-0.15, -0.1) is 0 Å². The predicted molar refractivity (Wildman–Crippen MR) is 100 cm³/mol. The molecule has 2 aromatic carbocycles. The number of carbonyl (C=O) groups is 2. The topological polar surface area (TPSA) is 81.4 Å². The van der Waals surface area contributed by atoms with Crippen LogP contribution in [0, 0.1) is 0 Å². The third-order valence-corrected chi connectivity index (χ3v) is 3.81. The number of Topliss-reactive ketones (excluding diaryl/α,β-unsaturated/α-hetero) is 1. The Balaban J connectivity index is 1.91. The van der Waals surface area contributed by atoms with E-state index in [1.165, 1.54) is 5.56 Å². The first kappa shape index (κ1) is 18.5. The average Bonchev–Trinajstić information content (AvgIpc) is 2.61. The van der Waals surface area contributed by atoms with Crippen LogP contribution in [0.2, 0.25) is 0 Å². The normalized spacial score (nSPS) is 10.3. The predicted octanol–water partition coefficient (Wildman–Crippen LogP) is 3.83. The lowest BCUT2D eigenvalue weighted by Gasteiger charge is -2.11. The molecule has 0 saturated carbocycles. The second-order valence-corrected chi connectivity index (χ2v) is 5.81. The largest absolute Gasteiger partial charge is 0.482 e. The maximum Gasteiger partial charge on any atom is 0.262 e. The number of nitrogens with two attached hydrogens (primary N) is 1. The lowest BCUT2D eigenvalue weighted by Crippen LogP contribution is -2.20. The Kier molecular flexibility index (Phi) is 6.57. The number of rotatable bonds is 8. The smallest absolute Gasteiger partial charge is 0.262 e. The number of hydrogen-bond acceptors (Lipinski definition) is 4. The zero-order chi connectivity index (χ0) is 18.2. The molecule has 0 heterocycles. The molecule has 0 saturated heterocycles. The van der Waals surface area contributed by atoms with Crippen molar-refractivity contribution >= 4 is 23.1 Å². The van der Waals surface area contributed by atoms with Gasteiger partial charge in [0.15, 0.2) is 12.4 Å². The molecular formula is C20H24N2O3. The molecule has 2 rings (SSSR count). The van der Waals surface area contributed by atoms with E-state index in [2.05, 4.69) is 12.2 Å². The molecule has 0 aliphatic rings. The molecule has 0 radical (unpaired) electrons. The van der Waals surface area contributed by atoms with Crippen LogP contribution >= 0.6 is 0 Å². The lowest BCUT2D eigenvalue weighted by atomic mass is 10.1. The SMILES string of the molecule is CCCC(=O)c1ccc(OCC(=O)Nc2ccc(CC)cc2)c(N)c1. The van der Waals surface area contributed by atoms with Gasteiger partial charge >= 0.3 is 0 Å². The van der Waals surface area contributed by atoms with Crippen LogP contribution in [-0.4, -0.2) is 18.3 Å². The molecule has 0 bridgehead atoms. The van der Waals surface area contributed by atoms with Crippen molar-refractivity contribution in [2.45, 2.75) is 33.1 Å². The van der Waals surface area contributed by atoms with E-state index in [0.717, 1.165) is 18.5 Å². The van der Waals surface area contributed by atoms with Gasteiger partial charge in [0.25, 0.3) is 5.91 Å². The van der Waals surface area contributed by atoms with Crippen LogP contribution in [0.25, 0.3) is 0 Å². The Morgan fingerprint density at radius 2 is 1.80 bits per heavy atom. The number of carbonyl (C=O) groups excluding carboxylic acids is 2. The number of anilines is 2. The molecule has 25 heavy (non-hydrogen) atoms. The van der Waals surface area contributed by atoms with Crippen molar-refractivity contribution in [3.63, 3.8) is 0 Å². The molecule has 132 valence electrons. The fraction of sp³-hybridized carbons (Fsp3) is 0.300. The van der Waals surface area contributed by atoms with Crippen LogP contribution in [0.5, 0.6) is 5.75 Å². The molecule has 0 spiro atoms. The summed E-state index contributed by atoms with van der Waals surface area (Å²) in [5, 5.41) is 2.77. The molecule has 0 aliphatic heterocycles. The Hall–Kier alpha value is -2.82. The summed E-state index contributed by atoms with van der Waals surface area (Å²) in [5.41, 5.74) is 8.76. The first-order valence-electron chi connectivity index (χ1n) is 8.47. The average molecular weight is 340 g/mol. The van der Waals surface area contributed by atoms with Crippen LogP contribution in [0.1, 0.15) is 42.6 Å². The van der Waals surface area contributed by atoms with Crippen molar-refractivity contribution in [2.75, 3.05) is 17.7 Å². The minimum absolute atomic E-state index is 0.0500. The van der Waals surface area contributed by atoms with E-state index in [1.54, 1.807) is 18.2 Å². The van der Waals surface area contributed by atoms with Crippen LogP contribution in [0.4, 0.5) is 11.4 Å². The lowest BCUT2D eigenvalue weighted by molar-refractivity contribution is -0.118. The fourth-order valence-corrected chi connectivity index (χ4v) is 2.39. The van der Waals surface area contributed by atoms with Gasteiger partial charge < -0.3 is 15.8 Å². The number of benzene rings is 2. The van der Waals surface area contributed by atoms with E-state index >= 15 is 0 Å². The summed E-state index contributed by atoms with van der Waals surface area (Å²) in [6.07, 6.45) is 2.22. The van der Waals surface area contributed by atoms with Gasteiger partial charge in [-0.2, -0.15) is 0 Å². The number of ketones is 1. The number of amides is 1. The summed E-state index contributed by atoms with van der Waals surface area (Å²) in [7, 11) is 0. The van der Waals surface area contributed by atoms with Gasteiger partial charge in [-0.25, -0.2) is 0 Å². The number of aryl methyl sites for hydroxylation is 1. The molecule has 1 amide bonds. The zero-order valence-electron chi connectivity index (χ0n) is 14.7. The van der Waals surface area contributed by atoms with Crippen molar-refractivity contribution in [1.82, 2.24) is 0 Å². The Morgan fingerprint density at radius 1 is 1.08 bits per heavy atom.